The minimum Gasteiger partial charge on any atom is -0.507 e. The van der Waals surface area contributed by atoms with E-state index in [-0.39, 0.29) is 24.2 Å². The minimum atomic E-state index is -2.70. The van der Waals surface area contributed by atoms with Crippen molar-refractivity contribution in [2.45, 2.75) is 24.5 Å². The molecule has 39 heavy (non-hydrogen) atoms. The molecule has 2 unspecified atom stereocenters. The lowest BCUT2D eigenvalue weighted by Gasteiger charge is -2.52. The summed E-state index contributed by atoms with van der Waals surface area (Å²) < 4.78 is 0. The first kappa shape index (κ1) is 26.5. The van der Waals surface area contributed by atoms with Crippen molar-refractivity contribution in [3.63, 3.8) is 0 Å². The van der Waals surface area contributed by atoms with E-state index in [0.717, 1.165) is 5.56 Å². The average molecular weight is 529 g/mol. The Morgan fingerprint density at radius 3 is 2.36 bits per heavy atom. The van der Waals surface area contributed by atoms with Crippen LogP contribution in [0.5, 0.6) is 5.75 Å². The molecule has 6 atom stereocenters. The standard InChI is InChI=1S/C30H28N2O7/c1-31-29(38)23-26(35)24(32(2)3)19-14-17-13-18-16(10-9-15-7-5-4-6-8-15)11-12-20(33)22(18)25(34)21(17)27(36)30(19,39)28(23)37/h4-8,11-12,17,19,21,23-24,33,39H,13-14H2,1-3H3,(H,31,38)/t17-,19-,21?,23?,24-,30-/m0/s1. The maximum absolute atomic E-state index is 13.9. The zero-order valence-corrected chi connectivity index (χ0v) is 21.7. The summed E-state index contributed by atoms with van der Waals surface area (Å²) in [6.45, 7) is 0. The van der Waals surface area contributed by atoms with Crippen LogP contribution in [0.3, 0.4) is 0 Å². The van der Waals surface area contributed by atoms with E-state index in [9.17, 15) is 34.2 Å². The largest absolute Gasteiger partial charge is 0.507 e. The van der Waals surface area contributed by atoms with Gasteiger partial charge < -0.3 is 15.5 Å². The number of rotatable bonds is 2. The van der Waals surface area contributed by atoms with Gasteiger partial charge in [0.1, 0.15) is 5.75 Å². The number of likely N-dealkylation sites (N-methyl/N-ethyl adjacent to an activating group) is 1. The monoisotopic (exact) mass is 528 g/mol. The number of hydrogen-bond acceptors (Lipinski definition) is 8. The predicted molar refractivity (Wildman–Crippen MR) is 139 cm³/mol. The number of nitrogens with zero attached hydrogens (tertiary/aromatic N) is 1. The van der Waals surface area contributed by atoms with Crippen molar-refractivity contribution >= 4 is 29.0 Å². The molecule has 5 rings (SSSR count). The van der Waals surface area contributed by atoms with Crippen LogP contribution in [-0.4, -0.2) is 76.9 Å². The van der Waals surface area contributed by atoms with E-state index in [1.54, 1.807) is 20.2 Å². The van der Waals surface area contributed by atoms with Crippen LogP contribution in [0.15, 0.2) is 42.5 Å². The van der Waals surface area contributed by atoms with Crippen LogP contribution in [0.1, 0.15) is 33.5 Å². The van der Waals surface area contributed by atoms with E-state index >= 15 is 0 Å². The number of carbonyl (C=O) groups is 5. The first-order valence-electron chi connectivity index (χ1n) is 12.7. The minimum absolute atomic E-state index is 0.0140. The summed E-state index contributed by atoms with van der Waals surface area (Å²) in [5.41, 5.74) is -0.990. The Morgan fingerprint density at radius 1 is 1.03 bits per heavy atom. The summed E-state index contributed by atoms with van der Waals surface area (Å²) in [6, 6.07) is 11.1. The fourth-order valence-electron chi connectivity index (χ4n) is 6.51. The van der Waals surface area contributed by atoms with Gasteiger partial charge in [-0.05, 0) is 62.7 Å². The summed E-state index contributed by atoms with van der Waals surface area (Å²) in [4.78, 5) is 68.6. The molecule has 0 saturated heterocycles. The van der Waals surface area contributed by atoms with Crippen molar-refractivity contribution in [2.24, 2.45) is 23.7 Å². The van der Waals surface area contributed by atoms with Crippen molar-refractivity contribution in [1.29, 1.82) is 0 Å². The third-order valence-electron chi connectivity index (χ3n) is 8.28. The number of benzene rings is 2. The van der Waals surface area contributed by atoms with Gasteiger partial charge in [-0.2, -0.15) is 0 Å². The molecule has 2 fully saturated rings. The molecule has 0 aromatic heterocycles. The summed E-state index contributed by atoms with van der Waals surface area (Å²) in [7, 11) is 4.41. The first-order chi connectivity index (χ1) is 18.5. The Balaban J connectivity index is 1.61. The molecule has 0 spiro atoms. The zero-order chi connectivity index (χ0) is 28.2. The van der Waals surface area contributed by atoms with Crippen molar-refractivity contribution < 1.29 is 34.2 Å². The number of phenols is 1. The molecule has 2 saturated carbocycles. The van der Waals surface area contributed by atoms with Crippen molar-refractivity contribution in [2.75, 3.05) is 21.1 Å². The SMILES string of the molecule is CNC(=O)C1C(=O)[C@@H](N(C)C)[C@@H]2C[C@@H]3Cc4c(C#Cc5ccccc5)ccc(O)c4C(=O)C3C(=O)[C@]2(O)C1=O. The van der Waals surface area contributed by atoms with Gasteiger partial charge in [0.15, 0.2) is 34.7 Å². The topological polar surface area (TPSA) is 141 Å². The number of aromatic hydroxyl groups is 1. The highest BCUT2D eigenvalue weighted by atomic mass is 16.3. The highest BCUT2D eigenvalue weighted by molar-refractivity contribution is 6.32. The Hall–Kier alpha value is -4.13. The summed E-state index contributed by atoms with van der Waals surface area (Å²) in [5.74, 6) is -3.83. The number of carbonyl (C=O) groups excluding carboxylic acids is 5. The predicted octanol–water partition coefficient (Wildman–Crippen LogP) is 0.527. The van der Waals surface area contributed by atoms with Gasteiger partial charge in [-0.15, -0.1) is 0 Å². The molecule has 1 amide bonds. The van der Waals surface area contributed by atoms with E-state index in [1.165, 1.54) is 18.0 Å². The third-order valence-corrected chi connectivity index (χ3v) is 8.28. The maximum atomic E-state index is 13.9. The van der Waals surface area contributed by atoms with Crippen LogP contribution in [0, 0.1) is 35.5 Å². The second kappa shape index (κ2) is 9.56. The second-order valence-electron chi connectivity index (χ2n) is 10.6. The van der Waals surface area contributed by atoms with Crippen LogP contribution >= 0.6 is 0 Å². The normalized spacial score (nSPS) is 29.6. The van der Waals surface area contributed by atoms with E-state index in [0.29, 0.717) is 11.1 Å². The summed E-state index contributed by atoms with van der Waals surface area (Å²) in [5, 5.41) is 24.6. The number of amides is 1. The molecule has 0 radical (unpaired) electrons. The van der Waals surface area contributed by atoms with Gasteiger partial charge in [-0.3, -0.25) is 28.9 Å². The average Bonchev–Trinajstić information content (AvgIpc) is 2.90. The highest BCUT2D eigenvalue weighted by Gasteiger charge is 2.69. The lowest BCUT2D eigenvalue weighted by atomic mass is 9.52. The van der Waals surface area contributed by atoms with Crippen LogP contribution in [0.2, 0.25) is 0 Å². The molecule has 0 heterocycles. The van der Waals surface area contributed by atoms with Gasteiger partial charge in [0.05, 0.1) is 17.5 Å². The highest BCUT2D eigenvalue weighted by Crippen LogP contribution is 2.51. The van der Waals surface area contributed by atoms with Gasteiger partial charge in [0, 0.05) is 24.1 Å². The molecule has 0 aliphatic heterocycles. The molecule has 3 aliphatic rings. The van der Waals surface area contributed by atoms with Gasteiger partial charge >= 0.3 is 0 Å². The second-order valence-corrected chi connectivity index (χ2v) is 10.6. The number of Topliss-reactive ketones (excluding diaryl/α,β-unsaturated/α-hetero) is 4. The molecule has 9 heteroatoms. The smallest absolute Gasteiger partial charge is 0.238 e. The molecular formula is C30H28N2O7. The van der Waals surface area contributed by atoms with Gasteiger partial charge in [0.25, 0.3) is 0 Å². The lowest BCUT2D eigenvalue weighted by Crippen LogP contribution is -2.74. The van der Waals surface area contributed by atoms with E-state index < -0.39 is 64.4 Å². The Labute approximate surface area is 225 Å². The summed E-state index contributed by atoms with van der Waals surface area (Å²) in [6.07, 6.45) is 0.193. The Morgan fingerprint density at radius 2 is 1.72 bits per heavy atom. The van der Waals surface area contributed by atoms with Crippen LogP contribution in [0.4, 0.5) is 0 Å². The molecule has 200 valence electrons. The molecule has 2 aromatic carbocycles. The van der Waals surface area contributed by atoms with Crippen LogP contribution < -0.4 is 5.32 Å². The number of aliphatic hydroxyl groups is 1. The zero-order valence-electron chi connectivity index (χ0n) is 21.7. The molecule has 3 N–H and O–H groups in total. The fraction of sp³-hybridized carbons (Fsp3) is 0.367. The molecular weight excluding hydrogens is 500 g/mol. The van der Waals surface area contributed by atoms with E-state index in [2.05, 4.69) is 17.2 Å². The van der Waals surface area contributed by atoms with E-state index in [1.807, 2.05) is 30.3 Å². The van der Waals surface area contributed by atoms with Gasteiger partial charge in [-0.1, -0.05) is 30.0 Å². The lowest BCUT2D eigenvalue weighted by molar-refractivity contribution is -0.181. The molecule has 3 aliphatic carbocycles. The van der Waals surface area contributed by atoms with Crippen molar-refractivity contribution in [3.8, 4) is 17.6 Å². The van der Waals surface area contributed by atoms with Gasteiger partial charge in [-0.25, -0.2) is 0 Å². The number of fused-ring (bicyclic) bond motifs is 3. The first-order valence-corrected chi connectivity index (χ1v) is 12.7. The summed E-state index contributed by atoms with van der Waals surface area (Å²) >= 11 is 0. The number of nitrogens with one attached hydrogen (secondary N) is 1. The Kier molecular flexibility index (Phi) is 6.49. The third kappa shape index (κ3) is 3.90. The van der Waals surface area contributed by atoms with Crippen molar-refractivity contribution in [3.05, 3.63) is 64.7 Å². The Bertz CT molecular complexity index is 1490. The number of ketones is 4. The molecule has 9 nitrogen and oxygen atoms in total. The quantitative estimate of drug-likeness (QED) is 0.379. The maximum Gasteiger partial charge on any atom is 0.238 e. The molecule has 0 bridgehead atoms. The number of phenolic OH excluding ortho intramolecular Hbond substituents is 1. The van der Waals surface area contributed by atoms with Gasteiger partial charge in [0.2, 0.25) is 5.91 Å². The van der Waals surface area contributed by atoms with E-state index in [4.69, 9.17) is 0 Å². The van der Waals surface area contributed by atoms with Crippen LogP contribution in [-0.2, 0) is 25.6 Å². The number of hydrogen-bond donors (Lipinski definition) is 3. The fourth-order valence-corrected chi connectivity index (χ4v) is 6.51. The molecule has 2 aromatic rings. The van der Waals surface area contributed by atoms with Crippen molar-refractivity contribution in [1.82, 2.24) is 10.2 Å². The van der Waals surface area contributed by atoms with Crippen LogP contribution in [0.25, 0.3) is 0 Å².